The molecule has 2 unspecified atom stereocenters. The quantitative estimate of drug-likeness (QED) is 0.761. The molecule has 0 saturated carbocycles. The van der Waals surface area contributed by atoms with Crippen molar-refractivity contribution in [1.82, 2.24) is 0 Å². The molecule has 2 nitrogen and oxygen atoms in total. The van der Waals surface area contributed by atoms with E-state index < -0.39 is 0 Å². The lowest BCUT2D eigenvalue weighted by atomic mass is 9.97. The third-order valence-corrected chi connectivity index (χ3v) is 3.22. The van der Waals surface area contributed by atoms with Crippen molar-refractivity contribution >= 4 is 11.3 Å². The van der Waals surface area contributed by atoms with E-state index in [9.17, 15) is 5.11 Å². The zero-order chi connectivity index (χ0) is 9.68. The lowest BCUT2D eigenvalue weighted by molar-refractivity contribution is 0.136. The Morgan fingerprint density at radius 3 is 2.85 bits per heavy atom. The Hall–Kier alpha value is -0.380. The van der Waals surface area contributed by atoms with Crippen molar-refractivity contribution in [2.45, 2.75) is 31.8 Å². The first kappa shape index (κ1) is 10.7. The van der Waals surface area contributed by atoms with E-state index in [0.29, 0.717) is 6.54 Å². The minimum atomic E-state index is -0.284. The van der Waals surface area contributed by atoms with Crippen molar-refractivity contribution in [3.8, 4) is 0 Å². The summed E-state index contributed by atoms with van der Waals surface area (Å²) in [5.41, 5.74) is 5.64. The second-order valence-corrected chi connectivity index (χ2v) is 4.19. The maximum absolute atomic E-state index is 9.81. The minimum Gasteiger partial charge on any atom is -0.392 e. The highest BCUT2D eigenvalue weighted by Crippen LogP contribution is 2.25. The Bertz CT molecular complexity index is 223. The smallest absolute Gasteiger partial charge is 0.0628 e. The molecular formula is C10H17NOS. The molecule has 0 amide bonds. The number of hydrogen-bond acceptors (Lipinski definition) is 3. The van der Waals surface area contributed by atoms with Crippen molar-refractivity contribution in [2.24, 2.45) is 5.73 Å². The van der Waals surface area contributed by atoms with E-state index >= 15 is 0 Å². The minimum absolute atomic E-state index is 0.125. The largest absolute Gasteiger partial charge is 0.392 e. The van der Waals surface area contributed by atoms with Crippen LogP contribution in [0.25, 0.3) is 0 Å². The number of nitrogens with two attached hydrogens (primary N) is 1. The summed E-state index contributed by atoms with van der Waals surface area (Å²) in [6, 6.07) is 4.04. The molecular weight excluding hydrogens is 182 g/mol. The summed E-state index contributed by atoms with van der Waals surface area (Å²) in [7, 11) is 0. The summed E-state index contributed by atoms with van der Waals surface area (Å²) in [5.74, 6) is 0.125. The van der Waals surface area contributed by atoms with Crippen LogP contribution >= 0.6 is 11.3 Å². The van der Waals surface area contributed by atoms with E-state index in [1.807, 2.05) is 17.5 Å². The first-order valence-corrected chi connectivity index (χ1v) is 5.59. The van der Waals surface area contributed by atoms with E-state index in [2.05, 4.69) is 6.92 Å². The van der Waals surface area contributed by atoms with Crippen LogP contribution in [-0.4, -0.2) is 17.8 Å². The molecule has 0 aliphatic heterocycles. The molecule has 3 N–H and O–H groups in total. The van der Waals surface area contributed by atoms with Crippen LogP contribution in [0.2, 0.25) is 0 Å². The van der Waals surface area contributed by atoms with E-state index in [4.69, 9.17) is 5.73 Å². The van der Waals surface area contributed by atoms with Crippen molar-refractivity contribution < 1.29 is 5.11 Å². The van der Waals surface area contributed by atoms with Crippen LogP contribution in [0.3, 0.4) is 0 Å². The van der Waals surface area contributed by atoms with Crippen molar-refractivity contribution in [2.75, 3.05) is 6.54 Å². The molecule has 0 bridgehead atoms. The Balaban J connectivity index is 2.62. The second kappa shape index (κ2) is 5.37. The molecule has 1 aromatic rings. The number of aliphatic hydroxyl groups excluding tert-OH is 1. The summed E-state index contributed by atoms with van der Waals surface area (Å²) >= 11 is 1.67. The zero-order valence-corrected chi connectivity index (χ0v) is 8.76. The average molecular weight is 199 g/mol. The fourth-order valence-corrected chi connectivity index (χ4v) is 2.36. The monoisotopic (exact) mass is 199 g/mol. The van der Waals surface area contributed by atoms with Gasteiger partial charge < -0.3 is 10.8 Å². The van der Waals surface area contributed by atoms with Gasteiger partial charge in [0.2, 0.25) is 0 Å². The van der Waals surface area contributed by atoms with Gasteiger partial charge in [0, 0.05) is 17.3 Å². The lowest BCUT2D eigenvalue weighted by Gasteiger charge is -2.19. The van der Waals surface area contributed by atoms with Crippen molar-refractivity contribution in [3.05, 3.63) is 22.4 Å². The molecule has 1 aromatic heterocycles. The zero-order valence-electron chi connectivity index (χ0n) is 7.94. The highest BCUT2D eigenvalue weighted by molar-refractivity contribution is 7.10. The molecule has 0 aliphatic carbocycles. The Labute approximate surface area is 83.4 Å². The van der Waals surface area contributed by atoms with Crippen LogP contribution < -0.4 is 5.73 Å². The van der Waals surface area contributed by atoms with Gasteiger partial charge in [0.15, 0.2) is 0 Å². The van der Waals surface area contributed by atoms with Gasteiger partial charge in [-0.3, -0.25) is 0 Å². The number of thiophene rings is 1. The number of rotatable bonds is 5. The molecule has 0 aromatic carbocycles. The van der Waals surface area contributed by atoms with Gasteiger partial charge in [0.05, 0.1) is 6.10 Å². The first-order valence-electron chi connectivity index (χ1n) is 4.71. The van der Waals surface area contributed by atoms with E-state index in [0.717, 1.165) is 12.8 Å². The molecule has 0 aliphatic rings. The SMILES string of the molecule is CCCC(O)C(CN)c1cccs1. The van der Waals surface area contributed by atoms with Crippen molar-refractivity contribution in [3.63, 3.8) is 0 Å². The molecule has 74 valence electrons. The normalized spacial score (nSPS) is 15.6. The Morgan fingerprint density at radius 2 is 2.38 bits per heavy atom. The van der Waals surface area contributed by atoms with Crippen LogP contribution in [0, 0.1) is 0 Å². The summed E-state index contributed by atoms with van der Waals surface area (Å²) in [4.78, 5) is 1.20. The molecule has 3 heteroatoms. The molecule has 0 saturated heterocycles. The highest BCUT2D eigenvalue weighted by Gasteiger charge is 2.19. The molecule has 0 spiro atoms. The van der Waals surface area contributed by atoms with Gasteiger partial charge in [-0.05, 0) is 17.9 Å². The van der Waals surface area contributed by atoms with Gasteiger partial charge in [-0.1, -0.05) is 19.4 Å². The number of aliphatic hydroxyl groups is 1. The maximum atomic E-state index is 9.81. The maximum Gasteiger partial charge on any atom is 0.0628 e. The highest BCUT2D eigenvalue weighted by atomic mass is 32.1. The van der Waals surface area contributed by atoms with Crippen LogP contribution in [0.15, 0.2) is 17.5 Å². The fraction of sp³-hybridized carbons (Fsp3) is 0.600. The predicted octanol–water partition coefficient (Wildman–Crippen LogP) is 1.95. The van der Waals surface area contributed by atoms with Gasteiger partial charge in [-0.2, -0.15) is 0 Å². The third-order valence-electron chi connectivity index (χ3n) is 2.21. The van der Waals surface area contributed by atoms with Crippen LogP contribution in [0.1, 0.15) is 30.6 Å². The Kier molecular flexibility index (Phi) is 4.42. The molecule has 2 atom stereocenters. The van der Waals surface area contributed by atoms with Gasteiger partial charge in [-0.15, -0.1) is 11.3 Å². The molecule has 0 fully saturated rings. The standard InChI is InChI=1S/C10H17NOS/c1-2-4-9(12)8(7-11)10-5-3-6-13-10/h3,5-6,8-9,12H,2,4,7,11H2,1H3. The van der Waals surface area contributed by atoms with Crippen molar-refractivity contribution in [1.29, 1.82) is 0 Å². The van der Waals surface area contributed by atoms with E-state index in [-0.39, 0.29) is 12.0 Å². The number of hydrogen-bond donors (Lipinski definition) is 2. The van der Waals surface area contributed by atoms with Gasteiger partial charge in [0.1, 0.15) is 0 Å². The van der Waals surface area contributed by atoms with Crippen LogP contribution in [-0.2, 0) is 0 Å². The van der Waals surface area contributed by atoms with Crippen LogP contribution in [0.4, 0.5) is 0 Å². The van der Waals surface area contributed by atoms with E-state index in [1.54, 1.807) is 11.3 Å². The summed E-state index contributed by atoms with van der Waals surface area (Å²) in [6.07, 6.45) is 1.55. The Morgan fingerprint density at radius 1 is 1.62 bits per heavy atom. The third kappa shape index (κ3) is 2.79. The second-order valence-electron chi connectivity index (χ2n) is 3.21. The summed E-state index contributed by atoms with van der Waals surface area (Å²) < 4.78 is 0. The molecule has 1 rings (SSSR count). The van der Waals surface area contributed by atoms with Gasteiger partial charge >= 0.3 is 0 Å². The van der Waals surface area contributed by atoms with E-state index in [1.165, 1.54) is 4.88 Å². The lowest BCUT2D eigenvalue weighted by Crippen LogP contribution is -2.24. The van der Waals surface area contributed by atoms with Gasteiger partial charge in [0.25, 0.3) is 0 Å². The van der Waals surface area contributed by atoms with Crippen LogP contribution in [0.5, 0.6) is 0 Å². The molecule has 13 heavy (non-hydrogen) atoms. The molecule has 1 heterocycles. The topological polar surface area (TPSA) is 46.2 Å². The first-order chi connectivity index (χ1) is 6.29. The summed E-state index contributed by atoms with van der Waals surface area (Å²) in [5, 5.41) is 11.8. The summed E-state index contributed by atoms with van der Waals surface area (Å²) in [6.45, 7) is 2.60. The fourth-order valence-electron chi connectivity index (χ4n) is 1.46. The predicted molar refractivity (Wildman–Crippen MR) is 57.0 cm³/mol. The van der Waals surface area contributed by atoms with Gasteiger partial charge in [-0.25, -0.2) is 0 Å². The average Bonchev–Trinajstić information content (AvgIpc) is 2.59. The molecule has 0 radical (unpaired) electrons.